The molecule has 0 bridgehead atoms. The Morgan fingerprint density at radius 2 is 1.47 bits per heavy atom. The van der Waals surface area contributed by atoms with Crippen molar-refractivity contribution in [3.63, 3.8) is 0 Å². The lowest BCUT2D eigenvalue weighted by Crippen LogP contribution is -2.35. The Labute approximate surface area is 116 Å². The lowest BCUT2D eigenvalue weighted by Gasteiger charge is -2.32. The van der Waals surface area contributed by atoms with E-state index in [9.17, 15) is 0 Å². The van der Waals surface area contributed by atoms with E-state index in [2.05, 4.69) is 29.8 Å². The zero-order valence-electron chi connectivity index (χ0n) is 11.9. The monoisotopic (exact) mass is 308 g/mol. The van der Waals surface area contributed by atoms with Crippen LogP contribution >= 0.6 is 15.9 Å². The first-order chi connectivity index (χ1) is 8.14. The van der Waals surface area contributed by atoms with Crippen molar-refractivity contribution in [2.24, 2.45) is 5.92 Å². The molecule has 17 heavy (non-hydrogen) atoms. The van der Waals surface area contributed by atoms with Gasteiger partial charge in [-0.15, -0.1) is 0 Å². The average molecular weight is 309 g/mol. The standard InChI is InChI=1S/C14H29BrO2/c1-5-7-8-9-10-11-12-13(6-2)14(15,16-3)17-4/h13H,5-12H2,1-4H3. The molecule has 0 spiro atoms. The fourth-order valence-electron chi connectivity index (χ4n) is 2.21. The fourth-order valence-corrected chi connectivity index (χ4v) is 2.76. The number of alkyl halides is 1. The zero-order chi connectivity index (χ0) is 13.1. The summed E-state index contributed by atoms with van der Waals surface area (Å²) in [6.45, 7) is 4.44. The molecule has 0 aliphatic carbocycles. The van der Waals surface area contributed by atoms with E-state index in [1.807, 2.05) is 0 Å². The minimum Gasteiger partial charge on any atom is -0.344 e. The van der Waals surface area contributed by atoms with Crippen molar-refractivity contribution < 1.29 is 9.47 Å². The largest absolute Gasteiger partial charge is 0.344 e. The van der Waals surface area contributed by atoms with Gasteiger partial charge in [-0.1, -0.05) is 52.4 Å². The van der Waals surface area contributed by atoms with Gasteiger partial charge in [0.25, 0.3) is 0 Å². The second kappa shape index (κ2) is 10.3. The first-order valence-corrected chi connectivity index (χ1v) is 7.73. The first kappa shape index (κ1) is 17.4. The summed E-state index contributed by atoms with van der Waals surface area (Å²) in [6, 6.07) is 0. The van der Waals surface area contributed by atoms with Gasteiger partial charge in [0.1, 0.15) is 0 Å². The Morgan fingerprint density at radius 3 is 1.94 bits per heavy atom. The normalized spacial score (nSPS) is 13.9. The van der Waals surface area contributed by atoms with Crippen LogP contribution in [0.2, 0.25) is 0 Å². The number of hydrogen-bond donors (Lipinski definition) is 0. The second-order valence-corrected chi connectivity index (χ2v) is 5.76. The third-order valence-electron chi connectivity index (χ3n) is 3.44. The number of unbranched alkanes of at least 4 members (excludes halogenated alkanes) is 5. The van der Waals surface area contributed by atoms with Gasteiger partial charge in [-0.25, -0.2) is 0 Å². The molecule has 0 aromatic carbocycles. The van der Waals surface area contributed by atoms with Gasteiger partial charge in [-0.05, 0) is 28.8 Å². The number of hydrogen-bond acceptors (Lipinski definition) is 2. The molecule has 3 heteroatoms. The van der Waals surface area contributed by atoms with E-state index in [0.717, 1.165) is 12.8 Å². The van der Waals surface area contributed by atoms with Crippen molar-refractivity contribution >= 4 is 15.9 Å². The molecular weight excluding hydrogens is 280 g/mol. The minimum absolute atomic E-state index is 0.420. The summed E-state index contributed by atoms with van der Waals surface area (Å²) in [5, 5.41) is 0. The molecule has 0 aromatic rings. The molecule has 104 valence electrons. The van der Waals surface area contributed by atoms with Crippen LogP contribution < -0.4 is 0 Å². The smallest absolute Gasteiger partial charge is 0.228 e. The highest BCUT2D eigenvalue weighted by molar-refractivity contribution is 9.10. The molecule has 0 amide bonds. The van der Waals surface area contributed by atoms with Gasteiger partial charge in [-0.2, -0.15) is 0 Å². The first-order valence-electron chi connectivity index (χ1n) is 6.93. The number of halogens is 1. The Kier molecular flexibility index (Phi) is 10.6. The molecule has 1 atom stereocenters. The van der Waals surface area contributed by atoms with E-state index in [0.29, 0.717) is 5.92 Å². The highest BCUT2D eigenvalue weighted by Gasteiger charge is 2.34. The third kappa shape index (κ3) is 6.78. The molecule has 0 rings (SSSR count). The van der Waals surface area contributed by atoms with Crippen LogP contribution in [0.3, 0.4) is 0 Å². The van der Waals surface area contributed by atoms with E-state index in [1.165, 1.54) is 38.5 Å². The van der Waals surface area contributed by atoms with Crippen LogP contribution in [-0.4, -0.2) is 18.9 Å². The van der Waals surface area contributed by atoms with Crippen LogP contribution in [0.25, 0.3) is 0 Å². The maximum absolute atomic E-state index is 5.43. The zero-order valence-corrected chi connectivity index (χ0v) is 13.5. The molecule has 0 heterocycles. The second-order valence-electron chi connectivity index (χ2n) is 4.65. The van der Waals surface area contributed by atoms with Crippen molar-refractivity contribution in [1.29, 1.82) is 0 Å². The highest BCUT2D eigenvalue weighted by atomic mass is 79.9. The van der Waals surface area contributed by atoms with Gasteiger partial charge < -0.3 is 9.47 Å². The molecular formula is C14H29BrO2. The summed E-state index contributed by atoms with van der Waals surface area (Å²) in [7, 11) is 3.39. The molecule has 1 unspecified atom stereocenters. The molecule has 0 saturated heterocycles. The molecule has 0 fully saturated rings. The lowest BCUT2D eigenvalue weighted by atomic mass is 9.97. The maximum Gasteiger partial charge on any atom is 0.228 e. The summed E-state index contributed by atoms with van der Waals surface area (Å²) < 4.78 is 10.3. The summed E-state index contributed by atoms with van der Waals surface area (Å²) in [5.41, 5.74) is 0. The summed E-state index contributed by atoms with van der Waals surface area (Å²) >= 11 is 3.56. The van der Waals surface area contributed by atoms with Crippen LogP contribution in [0.4, 0.5) is 0 Å². The van der Waals surface area contributed by atoms with Crippen LogP contribution in [0.1, 0.15) is 65.2 Å². The Morgan fingerprint density at radius 1 is 0.941 bits per heavy atom. The van der Waals surface area contributed by atoms with Crippen LogP contribution in [-0.2, 0) is 9.47 Å². The summed E-state index contributed by atoms with van der Waals surface area (Å²) in [4.78, 5) is 0. The van der Waals surface area contributed by atoms with E-state index >= 15 is 0 Å². The van der Waals surface area contributed by atoms with E-state index in [-0.39, 0.29) is 0 Å². The molecule has 0 N–H and O–H groups in total. The molecule has 0 aromatic heterocycles. The lowest BCUT2D eigenvalue weighted by molar-refractivity contribution is -0.165. The molecule has 0 aliphatic heterocycles. The summed E-state index contributed by atoms with van der Waals surface area (Å²) in [5.74, 6) is 0.420. The number of rotatable bonds is 11. The van der Waals surface area contributed by atoms with Gasteiger partial charge in [-0.3, -0.25) is 0 Å². The van der Waals surface area contributed by atoms with Gasteiger partial charge in [0, 0.05) is 20.1 Å². The van der Waals surface area contributed by atoms with E-state index in [1.54, 1.807) is 14.2 Å². The van der Waals surface area contributed by atoms with E-state index in [4.69, 9.17) is 9.47 Å². The highest BCUT2D eigenvalue weighted by Crippen LogP contribution is 2.35. The maximum atomic E-state index is 5.43. The van der Waals surface area contributed by atoms with Gasteiger partial charge in [0.05, 0.1) is 0 Å². The van der Waals surface area contributed by atoms with Crippen molar-refractivity contribution in [1.82, 2.24) is 0 Å². The predicted octanol–water partition coefficient (Wildman–Crippen LogP) is 5.10. The Balaban J connectivity index is 3.82. The topological polar surface area (TPSA) is 18.5 Å². The Bertz CT molecular complexity index is 170. The summed E-state index contributed by atoms with van der Waals surface area (Å²) in [6.07, 6.45) is 10.2. The van der Waals surface area contributed by atoms with Crippen LogP contribution in [0.5, 0.6) is 0 Å². The minimum atomic E-state index is -0.592. The Hall–Kier alpha value is 0.400. The third-order valence-corrected chi connectivity index (χ3v) is 4.74. The average Bonchev–Trinajstić information content (AvgIpc) is 2.37. The van der Waals surface area contributed by atoms with Crippen molar-refractivity contribution in [2.45, 2.75) is 69.9 Å². The van der Waals surface area contributed by atoms with Crippen LogP contribution in [0, 0.1) is 5.92 Å². The molecule has 0 saturated carbocycles. The number of methoxy groups -OCH3 is 2. The quantitative estimate of drug-likeness (QED) is 0.300. The SMILES string of the molecule is CCCCCCCCC(CC)C(Br)(OC)OC. The van der Waals surface area contributed by atoms with Gasteiger partial charge in [0.2, 0.25) is 4.70 Å². The predicted molar refractivity (Wildman–Crippen MR) is 77.5 cm³/mol. The molecule has 0 aliphatic rings. The van der Waals surface area contributed by atoms with Crippen molar-refractivity contribution in [3.05, 3.63) is 0 Å². The van der Waals surface area contributed by atoms with Crippen LogP contribution in [0.15, 0.2) is 0 Å². The molecule has 0 radical (unpaired) electrons. The van der Waals surface area contributed by atoms with Crippen molar-refractivity contribution in [3.8, 4) is 0 Å². The van der Waals surface area contributed by atoms with Crippen molar-refractivity contribution in [2.75, 3.05) is 14.2 Å². The fraction of sp³-hybridized carbons (Fsp3) is 1.00. The van der Waals surface area contributed by atoms with Gasteiger partial charge in [0.15, 0.2) is 0 Å². The number of ether oxygens (including phenoxy) is 2. The van der Waals surface area contributed by atoms with E-state index < -0.39 is 4.70 Å². The van der Waals surface area contributed by atoms with Gasteiger partial charge >= 0.3 is 0 Å². The molecule has 2 nitrogen and oxygen atoms in total.